The van der Waals surface area contributed by atoms with Crippen molar-refractivity contribution in [3.63, 3.8) is 0 Å². The molecule has 0 bridgehead atoms. The van der Waals surface area contributed by atoms with Crippen molar-refractivity contribution in [1.29, 1.82) is 0 Å². The molecule has 2 saturated carbocycles. The molecule has 0 aromatic rings. The summed E-state index contributed by atoms with van der Waals surface area (Å²) in [5, 5.41) is 3.21. The summed E-state index contributed by atoms with van der Waals surface area (Å²) in [6.07, 6.45) is 10.5. The molecule has 2 aliphatic rings. The second kappa shape index (κ2) is 5.60. The number of rotatable bonds is 5. The van der Waals surface area contributed by atoms with Crippen LogP contribution >= 0.6 is 0 Å². The molecule has 0 heterocycles. The lowest BCUT2D eigenvalue weighted by atomic mass is 9.79. The van der Waals surface area contributed by atoms with Gasteiger partial charge in [-0.25, -0.2) is 0 Å². The molecule has 0 aliphatic heterocycles. The average Bonchev–Trinajstić information content (AvgIpc) is 3.20. The molecule has 2 fully saturated rings. The van der Waals surface area contributed by atoms with Gasteiger partial charge in [0.2, 0.25) is 5.91 Å². The molecule has 2 aliphatic carbocycles. The zero-order valence-corrected chi connectivity index (χ0v) is 11.8. The number of hydrogen-bond acceptors (Lipinski definition) is 2. The third kappa shape index (κ3) is 2.87. The Labute approximate surface area is 111 Å². The Hall–Kier alpha value is -0.570. The van der Waals surface area contributed by atoms with E-state index in [1.165, 1.54) is 32.1 Å². The topological polar surface area (TPSA) is 55.1 Å². The molecule has 3 heteroatoms. The minimum Gasteiger partial charge on any atom is -0.355 e. The SMILES string of the molecule is CCC1(CNC(=O)C2(CN)CCCCCC2)CC1. The lowest BCUT2D eigenvalue weighted by molar-refractivity contribution is -0.131. The van der Waals surface area contributed by atoms with Gasteiger partial charge in [0.15, 0.2) is 0 Å². The van der Waals surface area contributed by atoms with E-state index in [0.717, 1.165) is 32.2 Å². The van der Waals surface area contributed by atoms with Crippen molar-refractivity contribution in [1.82, 2.24) is 5.32 Å². The van der Waals surface area contributed by atoms with Crippen LogP contribution in [0.4, 0.5) is 0 Å². The fraction of sp³-hybridized carbons (Fsp3) is 0.933. The molecule has 3 N–H and O–H groups in total. The molecule has 0 aromatic carbocycles. The van der Waals surface area contributed by atoms with Gasteiger partial charge in [0.25, 0.3) is 0 Å². The highest BCUT2D eigenvalue weighted by atomic mass is 16.2. The number of carbonyl (C=O) groups excluding carboxylic acids is 1. The third-order valence-corrected chi connectivity index (χ3v) is 5.26. The molecular formula is C15H28N2O. The molecule has 2 rings (SSSR count). The van der Waals surface area contributed by atoms with Crippen molar-refractivity contribution in [2.24, 2.45) is 16.6 Å². The molecule has 0 saturated heterocycles. The van der Waals surface area contributed by atoms with Crippen LogP contribution in [-0.2, 0) is 4.79 Å². The fourth-order valence-electron chi connectivity index (χ4n) is 3.22. The molecule has 104 valence electrons. The highest BCUT2D eigenvalue weighted by Crippen LogP contribution is 2.48. The van der Waals surface area contributed by atoms with E-state index in [4.69, 9.17) is 5.73 Å². The maximum absolute atomic E-state index is 12.5. The van der Waals surface area contributed by atoms with E-state index in [1.807, 2.05) is 0 Å². The van der Waals surface area contributed by atoms with Gasteiger partial charge in [0.05, 0.1) is 5.41 Å². The van der Waals surface area contributed by atoms with E-state index in [2.05, 4.69) is 12.2 Å². The van der Waals surface area contributed by atoms with E-state index >= 15 is 0 Å². The van der Waals surface area contributed by atoms with Gasteiger partial charge >= 0.3 is 0 Å². The van der Waals surface area contributed by atoms with Crippen molar-refractivity contribution < 1.29 is 4.79 Å². The number of nitrogens with one attached hydrogen (secondary N) is 1. The molecule has 18 heavy (non-hydrogen) atoms. The Bertz CT molecular complexity index is 289. The van der Waals surface area contributed by atoms with Crippen molar-refractivity contribution >= 4 is 5.91 Å². The molecule has 0 atom stereocenters. The predicted molar refractivity (Wildman–Crippen MR) is 74.2 cm³/mol. The van der Waals surface area contributed by atoms with Gasteiger partial charge in [-0.1, -0.05) is 32.6 Å². The summed E-state index contributed by atoms with van der Waals surface area (Å²) in [5.41, 5.74) is 6.10. The Morgan fingerprint density at radius 3 is 2.17 bits per heavy atom. The van der Waals surface area contributed by atoms with Crippen LogP contribution in [0.3, 0.4) is 0 Å². The quantitative estimate of drug-likeness (QED) is 0.739. The first-order chi connectivity index (χ1) is 8.66. The fourth-order valence-corrected chi connectivity index (χ4v) is 3.22. The molecule has 1 amide bonds. The van der Waals surface area contributed by atoms with Gasteiger partial charge in [0, 0.05) is 13.1 Å². The predicted octanol–water partition coefficient (Wildman–Crippen LogP) is 2.59. The van der Waals surface area contributed by atoms with Crippen LogP contribution in [0.1, 0.15) is 64.7 Å². The van der Waals surface area contributed by atoms with E-state index in [1.54, 1.807) is 0 Å². The maximum Gasteiger partial charge on any atom is 0.227 e. The van der Waals surface area contributed by atoms with Crippen LogP contribution in [0.15, 0.2) is 0 Å². The summed E-state index contributed by atoms with van der Waals surface area (Å²) in [6.45, 7) is 3.60. The Balaban J connectivity index is 1.91. The first-order valence-corrected chi connectivity index (χ1v) is 7.65. The average molecular weight is 252 g/mol. The van der Waals surface area contributed by atoms with Gasteiger partial charge in [-0.15, -0.1) is 0 Å². The minimum atomic E-state index is -0.264. The van der Waals surface area contributed by atoms with Crippen LogP contribution in [0.25, 0.3) is 0 Å². The molecular weight excluding hydrogens is 224 g/mol. The minimum absolute atomic E-state index is 0.228. The monoisotopic (exact) mass is 252 g/mol. The summed E-state index contributed by atoms with van der Waals surface area (Å²) in [5.74, 6) is 0.228. The molecule has 0 radical (unpaired) electrons. The summed E-state index contributed by atoms with van der Waals surface area (Å²) < 4.78 is 0. The molecule has 0 spiro atoms. The van der Waals surface area contributed by atoms with E-state index in [0.29, 0.717) is 12.0 Å². The smallest absolute Gasteiger partial charge is 0.227 e. The van der Waals surface area contributed by atoms with E-state index < -0.39 is 0 Å². The van der Waals surface area contributed by atoms with Gasteiger partial charge < -0.3 is 11.1 Å². The first-order valence-electron chi connectivity index (χ1n) is 7.65. The third-order valence-electron chi connectivity index (χ3n) is 5.26. The summed E-state index contributed by atoms with van der Waals surface area (Å²) in [4.78, 5) is 12.5. The summed E-state index contributed by atoms with van der Waals surface area (Å²) >= 11 is 0. The Morgan fingerprint density at radius 1 is 1.11 bits per heavy atom. The van der Waals surface area contributed by atoms with Crippen LogP contribution in [0.2, 0.25) is 0 Å². The number of nitrogens with two attached hydrogens (primary N) is 1. The van der Waals surface area contributed by atoms with Gasteiger partial charge in [-0.2, -0.15) is 0 Å². The molecule has 3 nitrogen and oxygen atoms in total. The van der Waals surface area contributed by atoms with Gasteiger partial charge in [-0.3, -0.25) is 4.79 Å². The van der Waals surface area contributed by atoms with Gasteiger partial charge in [-0.05, 0) is 37.5 Å². The van der Waals surface area contributed by atoms with Gasteiger partial charge in [0.1, 0.15) is 0 Å². The van der Waals surface area contributed by atoms with Crippen molar-refractivity contribution in [3.8, 4) is 0 Å². The normalized spacial score (nSPS) is 25.2. The zero-order chi connectivity index (χ0) is 13.1. The number of hydrogen-bond donors (Lipinski definition) is 2. The van der Waals surface area contributed by atoms with Crippen LogP contribution < -0.4 is 11.1 Å². The lowest BCUT2D eigenvalue weighted by Gasteiger charge is -2.30. The summed E-state index contributed by atoms with van der Waals surface area (Å²) in [7, 11) is 0. The van der Waals surface area contributed by atoms with Crippen LogP contribution in [-0.4, -0.2) is 19.0 Å². The summed E-state index contributed by atoms with van der Waals surface area (Å²) in [6, 6.07) is 0. The first kappa shape index (κ1) is 13.9. The second-order valence-electron chi connectivity index (χ2n) is 6.43. The van der Waals surface area contributed by atoms with Crippen molar-refractivity contribution in [2.75, 3.05) is 13.1 Å². The zero-order valence-electron chi connectivity index (χ0n) is 11.8. The number of carbonyl (C=O) groups is 1. The maximum atomic E-state index is 12.5. The lowest BCUT2D eigenvalue weighted by Crippen LogP contribution is -2.47. The standard InChI is InChI=1S/C15H28N2O/c1-2-14(9-10-14)12-17-13(18)15(11-16)7-5-3-4-6-8-15/h2-12,16H2,1H3,(H,17,18). The Morgan fingerprint density at radius 2 is 1.72 bits per heavy atom. The van der Waals surface area contributed by atoms with Crippen LogP contribution in [0, 0.1) is 10.8 Å². The second-order valence-corrected chi connectivity index (χ2v) is 6.43. The van der Waals surface area contributed by atoms with Crippen molar-refractivity contribution in [2.45, 2.75) is 64.7 Å². The van der Waals surface area contributed by atoms with E-state index in [-0.39, 0.29) is 11.3 Å². The van der Waals surface area contributed by atoms with E-state index in [9.17, 15) is 4.79 Å². The Kier molecular flexibility index (Phi) is 4.31. The largest absolute Gasteiger partial charge is 0.355 e. The highest BCUT2D eigenvalue weighted by molar-refractivity contribution is 5.83. The molecule has 0 unspecified atom stereocenters. The van der Waals surface area contributed by atoms with Crippen LogP contribution in [0.5, 0.6) is 0 Å². The molecule has 0 aromatic heterocycles. The van der Waals surface area contributed by atoms with Crippen molar-refractivity contribution in [3.05, 3.63) is 0 Å². The highest BCUT2D eigenvalue weighted by Gasteiger charge is 2.43. The number of amides is 1.